The van der Waals surface area contributed by atoms with E-state index in [2.05, 4.69) is 15.6 Å². The molecule has 1 aliphatic rings. The number of phenols is 2. The minimum atomic E-state index is -2.37. The number of esters is 1. The molecule has 1 fully saturated rings. The molecular weight excluding hydrogens is 728 g/mol. The van der Waals surface area contributed by atoms with Crippen LogP contribution in [0.15, 0.2) is 47.5 Å². The van der Waals surface area contributed by atoms with Gasteiger partial charge in [-0.15, -0.1) is 0 Å². The number of aromatic hydroxyl groups is 2. The zero-order valence-corrected chi connectivity index (χ0v) is 30.5. The maximum Gasteiger partial charge on any atom is 0.344 e. The minimum Gasteiger partial charge on any atom is -0.504 e. The number of benzene rings is 3. The van der Waals surface area contributed by atoms with Crippen molar-refractivity contribution in [3.05, 3.63) is 64.7 Å². The first-order chi connectivity index (χ1) is 26.2. The molecule has 6 atom stereocenters. The highest BCUT2D eigenvalue weighted by molar-refractivity contribution is 5.96. The summed E-state index contributed by atoms with van der Waals surface area (Å²) in [5.41, 5.74) is 6.90. The van der Waals surface area contributed by atoms with E-state index >= 15 is 0 Å². The van der Waals surface area contributed by atoms with Crippen LogP contribution >= 0.6 is 0 Å². The zero-order chi connectivity index (χ0) is 40.4. The molecule has 19 nitrogen and oxygen atoms in total. The summed E-state index contributed by atoms with van der Waals surface area (Å²) in [4.78, 5) is 29.1. The van der Waals surface area contributed by atoms with Crippen LogP contribution in [0, 0.1) is 0 Å². The van der Waals surface area contributed by atoms with Gasteiger partial charge in [0.25, 0.3) is 0 Å². The molecule has 0 aliphatic carbocycles. The van der Waals surface area contributed by atoms with Crippen LogP contribution in [0.3, 0.4) is 0 Å². The van der Waals surface area contributed by atoms with E-state index in [0.717, 1.165) is 29.7 Å². The molecule has 0 radical (unpaired) electrons. The molecule has 0 amide bonds. The van der Waals surface area contributed by atoms with Gasteiger partial charge in [-0.3, -0.25) is 4.99 Å². The Hall–Kier alpha value is -5.73. The number of nitrogens with one attached hydrogen (secondary N) is 2. The fraction of sp³-hybridized carbons (Fsp3) is 0.417. The van der Waals surface area contributed by atoms with Crippen LogP contribution in [0.2, 0.25) is 0 Å². The molecule has 1 heterocycles. The standard InChI is InChI=1S/C36H46N4O15/c1-5-17-8-7-9-18(12-17)10-11-51-30-25(41)20(14-24(50-4)26(30)42)33(48)55-34(49)31-28(44)27(43)29(45)35(54-31)53-23-15-21(39-6-2)19(32(46)47)13-22(23)52-16-40-36(37)38-3/h7-9,12-15,27-29,31,34-35,39,41-45,49H,5-6,10-11,16H2,1-4H3,(H,46,47)(H3,37,38,40). The number of aryl methyl sites for hydroxylation is 1. The second-order valence-corrected chi connectivity index (χ2v) is 12.0. The number of carboxylic acid groups (broad SMARTS) is 1. The number of anilines is 1. The Morgan fingerprint density at radius 2 is 1.65 bits per heavy atom. The Morgan fingerprint density at radius 1 is 0.945 bits per heavy atom. The highest BCUT2D eigenvalue weighted by atomic mass is 16.7. The van der Waals surface area contributed by atoms with Gasteiger partial charge in [0.15, 0.2) is 41.8 Å². The lowest BCUT2D eigenvalue weighted by atomic mass is 9.98. The molecule has 0 saturated carbocycles. The van der Waals surface area contributed by atoms with Crippen LogP contribution in [-0.4, -0.2) is 125 Å². The molecule has 19 heteroatoms. The van der Waals surface area contributed by atoms with Gasteiger partial charge in [0.05, 0.1) is 25.0 Å². The van der Waals surface area contributed by atoms with Crippen molar-refractivity contribution in [3.63, 3.8) is 0 Å². The van der Waals surface area contributed by atoms with Crippen molar-refractivity contribution in [2.75, 3.05) is 39.4 Å². The van der Waals surface area contributed by atoms with Crippen molar-refractivity contribution in [1.82, 2.24) is 5.32 Å². The molecule has 4 rings (SSSR count). The SMILES string of the molecule is CCNc1cc(OC2OC(C(O)OC(=O)c3cc(OC)c(O)c(OCCc4cccc(CC)c4)c3O)C(O)C(O)C2O)c(OCNC(N)=NC)cc1C(=O)O. The van der Waals surface area contributed by atoms with E-state index in [1.54, 1.807) is 6.92 Å². The Labute approximate surface area is 315 Å². The largest absolute Gasteiger partial charge is 0.504 e. The molecule has 0 bridgehead atoms. The number of nitrogens with two attached hydrogens (primary N) is 1. The van der Waals surface area contributed by atoms with Gasteiger partial charge >= 0.3 is 11.9 Å². The maximum absolute atomic E-state index is 13.3. The van der Waals surface area contributed by atoms with Gasteiger partial charge in [0.2, 0.25) is 24.1 Å². The molecule has 3 aromatic rings. The summed E-state index contributed by atoms with van der Waals surface area (Å²) in [6.07, 6.45) is -11.1. The third-order valence-corrected chi connectivity index (χ3v) is 8.43. The topological polar surface area (TPSA) is 294 Å². The molecule has 11 N–H and O–H groups in total. The molecule has 0 spiro atoms. The van der Waals surface area contributed by atoms with Gasteiger partial charge in [-0.05, 0) is 24.5 Å². The number of aliphatic hydroxyl groups excluding tert-OH is 4. The van der Waals surface area contributed by atoms with Gasteiger partial charge in [-0.2, -0.15) is 0 Å². The number of hydrogen-bond donors (Lipinski definition) is 10. The Morgan fingerprint density at radius 3 is 2.31 bits per heavy atom. The number of guanidine groups is 1. The highest BCUT2D eigenvalue weighted by Crippen LogP contribution is 2.46. The third-order valence-electron chi connectivity index (χ3n) is 8.43. The predicted octanol–water partition coefficient (Wildman–Crippen LogP) is 0.653. The molecular formula is C36H46N4O15. The minimum absolute atomic E-state index is 0.00365. The molecule has 6 unspecified atom stereocenters. The smallest absolute Gasteiger partial charge is 0.344 e. The summed E-state index contributed by atoms with van der Waals surface area (Å²) in [5, 5.41) is 80.2. The number of hydrogen-bond acceptors (Lipinski definition) is 16. The second kappa shape index (κ2) is 19.0. The van der Waals surface area contributed by atoms with Crippen LogP contribution in [0.1, 0.15) is 45.7 Å². The van der Waals surface area contributed by atoms with Crippen molar-refractivity contribution in [2.45, 2.75) is 63.7 Å². The number of carboxylic acids is 1. The van der Waals surface area contributed by atoms with Gasteiger partial charge in [0.1, 0.15) is 23.9 Å². The lowest BCUT2D eigenvalue weighted by Gasteiger charge is -2.41. The number of ether oxygens (including phenoxy) is 6. The monoisotopic (exact) mass is 774 g/mol. The first-order valence-corrected chi connectivity index (χ1v) is 17.1. The number of carbonyl (C=O) groups excluding carboxylic acids is 1. The summed E-state index contributed by atoms with van der Waals surface area (Å²) in [6, 6.07) is 11.0. The molecule has 1 saturated heterocycles. The molecule has 55 heavy (non-hydrogen) atoms. The summed E-state index contributed by atoms with van der Waals surface area (Å²) in [6.45, 7) is 3.67. The van der Waals surface area contributed by atoms with Crippen LogP contribution < -0.4 is 35.3 Å². The fourth-order valence-corrected chi connectivity index (χ4v) is 5.46. The van der Waals surface area contributed by atoms with Crippen molar-refractivity contribution < 1.29 is 73.8 Å². The number of nitrogens with zero attached hydrogens (tertiary/aromatic N) is 1. The number of aliphatic imine (C=N–C) groups is 1. The predicted molar refractivity (Wildman–Crippen MR) is 194 cm³/mol. The number of carbonyl (C=O) groups is 2. The van der Waals surface area contributed by atoms with Crippen molar-refractivity contribution in [2.24, 2.45) is 10.7 Å². The van der Waals surface area contributed by atoms with Crippen molar-refractivity contribution >= 4 is 23.6 Å². The van der Waals surface area contributed by atoms with Crippen molar-refractivity contribution in [3.8, 4) is 34.5 Å². The third kappa shape index (κ3) is 10.1. The second-order valence-electron chi connectivity index (χ2n) is 12.0. The van der Waals surface area contributed by atoms with E-state index in [1.165, 1.54) is 20.2 Å². The van der Waals surface area contributed by atoms with Gasteiger partial charge < -0.3 is 80.5 Å². The number of phenolic OH excluding ortho intramolecular Hbond substituents is 2. The summed E-state index contributed by atoms with van der Waals surface area (Å²) < 4.78 is 32.9. The number of aromatic carboxylic acids is 1. The van der Waals surface area contributed by atoms with E-state index in [9.17, 15) is 45.3 Å². The van der Waals surface area contributed by atoms with Crippen LogP contribution in [-0.2, 0) is 22.3 Å². The Balaban J connectivity index is 1.56. The Kier molecular flexibility index (Phi) is 14.5. The Bertz CT molecular complexity index is 1840. The van der Waals surface area contributed by atoms with E-state index in [4.69, 9.17) is 34.2 Å². The molecule has 1 aliphatic heterocycles. The van der Waals surface area contributed by atoms with E-state index < -0.39 is 71.7 Å². The van der Waals surface area contributed by atoms with Crippen LogP contribution in [0.5, 0.6) is 34.5 Å². The van der Waals surface area contributed by atoms with E-state index in [1.807, 2.05) is 31.2 Å². The highest BCUT2D eigenvalue weighted by Gasteiger charge is 2.49. The average Bonchev–Trinajstić information content (AvgIpc) is 3.16. The normalized spacial score (nSPS) is 20.2. The fourth-order valence-electron chi connectivity index (χ4n) is 5.46. The number of aliphatic hydroxyl groups is 4. The zero-order valence-electron chi connectivity index (χ0n) is 30.5. The lowest BCUT2D eigenvalue weighted by molar-refractivity contribution is -0.309. The van der Waals surface area contributed by atoms with Gasteiger partial charge in [-0.1, -0.05) is 31.2 Å². The van der Waals surface area contributed by atoms with Crippen molar-refractivity contribution in [1.29, 1.82) is 0 Å². The molecule has 300 valence electrons. The van der Waals surface area contributed by atoms with Crippen LogP contribution in [0.25, 0.3) is 0 Å². The quantitative estimate of drug-likeness (QED) is 0.0390. The average molecular weight is 775 g/mol. The van der Waals surface area contributed by atoms with E-state index in [-0.39, 0.29) is 47.8 Å². The number of rotatable bonds is 17. The summed E-state index contributed by atoms with van der Waals surface area (Å²) in [5.74, 6) is -5.39. The maximum atomic E-state index is 13.3. The van der Waals surface area contributed by atoms with Gasteiger partial charge in [0, 0.05) is 38.2 Å². The van der Waals surface area contributed by atoms with Gasteiger partial charge in [-0.25, -0.2) is 9.59 Å². The van der Waals surface area contributed by atoms with Crippen LogP contribution in [0.4, 0.5) is 5.69 Å². The number of methoxy groups -OCH3 is 1. The molecule has 3 aromatic carbocycles. The first-order valence-electron chi connectivity index (χ1n) is 17.1. The van der Waals surface area contributed by atoms with E-state index in [0.29, 0.717) is 13.0 Å². The first kappa shape index (κ1) is 42.0. The molecule has 0 aromatic heterocycles. The lowest BCUT2D eigenvalue weighted by Crippen LogP contribution is -2.62. The summed E-state index contributed by atoms with van der Waals surface area (Å²) in [7, 11) is 2.60. The summed E-state index contributed by atoms with van der Waals surface area (Å²) >= 11 is 0.